The van der Waals surface area contributed by atoms with E-state index in [-0.39, 0.29) is 35.4 Å². The zero-order valence-corrected chi connectivity index (χ0v) is 23.0. The van der Waals surface area contributed by atoms with Crippen molar-refractivity contribution >= 4 is 41.0 Å². The highest BCUT2D eigenvalue weighted by atomic mass is 35.5. The SMILES string of the molecule is CC[C@@H](C)NC(=O)CN1C(=O)CS[C@@H](c2ccccc2Cl)c2c(-c3ccccc3)nn(C(C)(C)C)c21. The number of rotatable bonds is 6. The molecule has 0 aliphatic carbocycles. The molecular formula is C28H33ClN4O2S. The third-order valence-corrected chi connectivity index (χ3v) is 7.86. The Bertz CT molecular complexity index is 1250. The summed E-state index contributed by atoms with van der Waals surface area (Å²) < 4.78 is 1.90. The molecule has 0 radical (unpaired) electrons. The predicted molar refractivity (Wildman–Crippen MR) is 149 cm³/mol. The van der Waals surface area contributed by atoms with E-state index in [0.29, 0.717) is 10.8 Å². The van der Waals surface area contributed by atoms with E-state index in [1.165, 1.54) is 11.8 Å². The number of carbonyl (C=O) groups excluding carboxylic acids is 2. The summed E-state index contributed by atoms with van der Waals surface area (Å²) in [6.07, 6.45) is 0.813. The molecule has 0 unspecified atom stereocenters. The van der Waals surface area contributed by atoms with Crippen molar-refractivity contribution in [2.45, 2.75) is 57.9 Å². The van der Waals surface area contributed by atoms with Crippen LogP contribution in [-0.2, 0) is 15.1 Å². The average Bonchev–Trinajstić information content (AvgIpc) is 3.19. The lowest BCUT2D eigenvalue weighted by atomic mass is 9.99. The number of aromatic nitrogens is 2. The number of carbonyl (C=O) groups is 2. The quantitative estimate of drug-likeness (QED) is 0.426. The van der Waals surface area contributed by atoms with Crippen LogP contribution in [0.15, 0.2) is 54.6 Å². The Kier molecular flexibility index (Phi) is 7.81. The Morgan fingerprint density at radius 1 is 1.17 bits per heavy atom. The van der Waals surface area contributed by atoms with Gasteiger partial charge in [-0.1, -0.05) is 67.1 Å². The third kappa shape index (κ3) is 5.32. The van der Waals surface area contributed by atoms with E-state index in [2.05, 4.69) is 26.1 Å². The number of amides is 2. The van der Waals surface area contributed by atoms with E-state index >= 15 is 0 Å². The van der Waals surface area contributed by atoms with Gasteiger partial charge >= 0.3 is 0 Å². The number of benzene rings is 2. The van der Waals surface area contributed by atoms with Crippen molar-refractivity contribution in [2.24, 2.45) is 0 Å². The van der Waals surface area contributed by atoms with Crippen molar-refractivity contribution in [1.29, 1.82) is 0 Å². The van der Waals surface area contributed by atoms with Gasteiger partial charge in [-0.25, -0.2) is 4.68 Å². The molecule has 0 saturated carbocycles. The minimum Gasteiger partial charge on any atom is -0.352 e. The van der Waals surface area contributed by atoms with Gasteiger partial charge in [0.05, 0.1) is 22.2 Å². The van der Waals surface area contributed by atoms with Crippen LogP contribution in [-0.4, -0.2) is 39.9 Å². The highest BCUT2D eigenvalue weighted by Gasteiger charge is 2.39. The molecule has 3 aromatic rings. The van der Waals surface area contributed by atoms with Gasteiger partial charge in [0.1, 0.15) is 12.4 Å². The van der Waals surface area contributed by atoms with Gasteiger partial charge in [-0.2, -0.15) is 5.10 Å². The lowest BCUT2D eigenvalue weighted by Crippen LogP contribution is -2.45. The van der Waals surface area contributed by atoms with Crippen LogP contribution in [0.25, 0.3) is 11.3 Å². The van der Waals surface area contributed by atoms with Crippen molar-refractivity contribution in [3.05, 3.63) is 70.7 Å². The second-order valence-electron chi connectivity index (χ2n) is 10.1. The Morgan fingerprint density at radius 2 is 1.83 bits per heavy atom. The van der Waals surface area contributed by atoms with E-state index < -0.39 is 5.54 Å². The summed E-state index contributed by atoms with van der Waals surface area (Å²) in [5.74, 6) is 0.563. The summed E-state index contributed by atoms with van der Waals surface area (Å²) in [4.78, 5) is 28.2. The Morgan fingerprint density at radius 3 is 2.47 bits per heavy atom. The molecule has 0 spiro atoms. The fourth-order valence-corrected chi connectivity index (χ4v) is 5.84. The van der Waals surface area contributed by atoms with Crippen LogP contribution < -0.4 is 10.2 Å². The fraction of sp³-hybridized carbons (Fsp3) is 0.393. The molecule has 1 aliphatic heterocycles. The van der Waals surface area contributed by atoms with E-state index in [1.54, 1.807) is 4.90 Å². The summed E-state index contributed by atoms with van der Waals surface area (Å²) in [5.41, 5.74) is 3.13. The van der Waals surface area contributed by atoms with Gasteiger partial charge in [-0.15, -0.1) is 11.8 Å². The van der Waals surface area contributed by atoms with Crippen molar-refractivity contribution in [3.8, 4) is 11.3 Å². The first-order valence-corrected chi connectivity index (χ1v) is 13.7. The highest BCUT2D eigenvalue weighted by Crippen LogP contribution is 2.50. The summed E-state index contributed by atoms with van der Waals surface area (Å²) in [6.45, 7) is 10.1. The van der Waals surface area contributed by atoms with Gasteiger partial charge in [-0.3, -0.25) is 14.5 Å². The molecule has 0 saturated heterocycles. The van der Waals surface area contributed by atoms with Crippen molar-refractivity contribution in [3.63, 3.8) is 0 Å². The van der Waals surface area contributed by atoms with E-state index in [1.807, 2.05) is 73.1 Å². The molecule has 190 valence electrons. The Hall–Kier alpha value is -2.77. The maximum atomic E-state index is 13.6. The van der Waals surface area contributed by atoms with Crippen LogP contribution >= 0.6 is 23.4 Å². The molecular weight excluding hydrogens is 492 g/mol. The van der Waals surface area contributed by atoms with Gasteiger partial charge in [0.25, 0.3) is 0 Å². The normalized spacial score (nSPS) is 16.9. The number of anilines is 1. The van der Waals surface area contributed by atoms with Crippen LogP contribution in [0, 0.1) is 0 Å². The number of halogens is 1. The minimum atomic E-state index is -0.442. The van der Waals surface area contributed by atoms with Crippen LogP contribution in [0.4, 0.5) is 5.82 Å². The van der Waals surface area contributed by atoms with Crippen molar-refractivity contribution in [1.82, 2.24) is 15.1 Å². The van der Waals surface area contributed by atoms with E-state index in [9.17, 15) is 9.59 Å². The lowest BCUT2D eigenvalue weighted by molar-refractivity contribution is -0.123. The van der Waals surface area contributed by atoms with Gasteiger partial charge < -0.3 is 5.32 Å². The minimum absolute atomic E-state index is 0.0247. The van der Waals surface area contributed by atoms with Gasteiger partial charge in [0.15, 0.2) is 0 Å². The molecule has 2 aromatic carbocycles. The van der Waals surface area contributed by atoms with Crippen molar-refractivity contribution < 1.29 is 9.59 Å². The van der Waals surface area contributed by atoms with Gasteiger partial charge in [0.2, 0.25) is 11.8 Å². The second-order valence-corrected chi connectivity index (χ2v) is 11.6. The number of hydrogen-bond donors (Lipinski definition) is 1. The maximum Gasteiger partial charge on any atom is 0.240 e. The topological polar surface area (TPSA) is 67.2 Å². The summed E-state index contributed by atoms with van der Waals surface area (Å²) in [7, 11) is 0. The fourth-order valence-electron chi connectivity index (χ4n) is 4.30. The molecule has 0 fully saturated rings. The summed E-state index contributed by atoms with van der Waals surface area (Å²) >= 11 is 8.22. The zero-order chi connectivity index (χ0) is 26.0. The molecule has 1 aliphatic rings. The molecule has 8 heteroatoms. The summed E-state index contributed by atoms with van der Waals surface area (Å²) in [6, 6.07) is 17.7. The van der Waals surface area contributed by atoms with E-state index in [0.717, 1.165) is 28.8 Å². The smallest absolute Gasteiger partial charge is 0.240 e. The second kappa shape index (κ2) is 10.7. The highest BCUT2D eigenvalue weighted by molar-refractivity contribution is 8.00. The zero-order valence-electron chi connectivity index (χ0n) is 21.4. The number of nitrogens with zero attached hydrogens (tertiary/aromatic N) is 3. The molecule has 1 aromatic heterocycles. The van der Waals surface area contributed by atoms with Gasteiger partial charge in [0, 0.05) is 22.2 Å². The van der Waals surface area contributed by atoms with Crippen LogP contribution in [0.5, 0.6) is 0 Å². The van der Waals surface area contributed by atoms with Crippen LogP contribution in [0.1, 0.15) is 57.4 Å². The summed E-state index contributed by atoms with van der Waals surface area (Å²) in [5, 5.41) is 8.50. The number of hydrogen-bond acceptors (Lipinski definition) is 4. The van der Waals surface area contributed by atoms with Crippen LogP contribution in [0.2, 0.25) is 5.02 Å². The Labute approximate surface area is 222 Å². The first-order chi connectivity index (χ1) is 17.1. The maximum absolute atomic E-state index is 13.6. The first kappa shape index (κ1) is 26.3. The Balaban J connectivity index is 1.98. The van der Waals surface area contributed by atoms with E-state index in [4.69, 9.17) is 16.7 Å². The van der Waals surface area contributed by atoms with Crippen LogP contribution in [0.3, 0.4) is 0 Å². The molecule has 6 nitrogen and oxygen atoms in total. The molecule has 36 heavy (non-hydrogen) atoms. The third-order valence-electron chi connectivity index (χ3n) is 6.28. The molecule has 0 bridgehead atoms. The first-order valence-electron chi connectivity index (χ1n) is 12.3. The standard InChI is InChI=1S/C28H33ClN4O2S/c1-6-18(2)30-22(34)16-32-23(35)17-36-26(20-14-10-11-15-21(20)29)24-25(19-12-8-7-9-13-19)31-33(27(24)32)28(3,4)5/h7-15,18,26H,6,16-17H2,1-5H3,(H,30,34)/t18-,26+/m1/s1. The molecule has 1 N–H and O–H groups in total. The molecule has 2 amide bonds. The lowest BCUT2D eigenvalue weighted by Gasteiger charge is -2.29. The average molecular weight is 525 g/mol. The predicted octanol–water partition coefficient (Wildman–Crippen LogP) is 6.04. The van der Waals surface area contributed by atoms with Gasteiger partial charge in [-0.05, 0) is 45.7 Å². The molecule has 4 rings (SSSR count). The molecule has 2 atom stereocenters. The monoisotopic (exact) mass is 524 g/mol. The number of thioether (sulfide) groups is 1. The largest absolute Gasteiger partial charge is 0.352 e. The number of nitrogens with one attached hydrogen (secondary N) is 1. The molecule has 2 heterocycles. The number of fused-ring (bicyclic) bond motifs is 1. The van der Waals surface area contributed by atoms with Crippen molar-refractivity contribution in [2.75, 3.05) is 17.2 Å².